The Morgan fingerprint density at radius 1 is 1.24 bits per heavy atom. The molecule has 0 aliphatic heterocycles. The van der Waals surface area contributed by atoms with E-state index < -0.39 is 23.8 Å². The molecule has 2 heterocycles. The topological polar surface area (TPSA) is 70.1 Å². The third kappa shape index (κ3) is 4.72. The molecule has 0 fully saturated rings. The Labute approximate surface area is 196 Å². The molecule has 33 heavy (non-hydrogen) atoms. The van der Waals surface area contributed by atoms with E-state index in [2.05, 4.69) is 4.98 Å². The first-order chi connectivity index (χ1) is 15.7. The van der Waals surface area contributed by atoms with Gasteiger partial charge in [-0.3, -0.25) is 9.36 Å². The van der Waals surface area contributed by atoms with Crippen molar-refractivity contribution < 1.29 is 22.7 Å². The number of benzene rings is 2. The Kier molecular flexibility index (Phi) is 6.40. The Morgan fingerprint density at radius 2 is 2.00 bits per heavy atom. The van der Waals surface area contributed by atoms with E-state index in [-0.39, 0.29) is 16.2 Å². The summed E-state index contributed by atoms with van der Waals surface area (Å²) in [6, 6.07) is 12.8. The van der Waals surface area contributed by atoms with Crippen LogP contribution in [0.5, 0.6) is 5.75 Å². The molecule has 2 aromatic carbocycles. The highest BCUT2D eigenvalue weighted by Gasteiger charge is 2.35. The summed E-state index contributed by atoms with van der Waals surface area (Å²) in [5.41, 5.74) is 7.50. The van der Waals surface area contributed by atoms with Crippen molar-refractivity contribution in [3.8, 4) is 10.8 Å². The first-order valence-electron chi connectivity index (χ1n) is 9.90. The molecule has 10 heteroatoms. The molecule has 1 unspecified atom stereocenters. The van der Waals surface area contributed by atoms with Crippen LogP contribution in [0.1, 0.15) is 39.4 Å². The molecule has 0 aliphatic rings. The average molecular weight is 492 g/mol. The number of nitrogens with two attached hydrogens (primary N) is 1. The molecule has 2 N–H and O–H groups in total. The first kappa shape index (κ1) is 23.2. The largest absolute Gasteiger partial charge is 0.484 e. The van der Waals surface area contributed by atoms with Crippen molar-refractivity contribution >= 4 is 40.0 Å². The number of fused-ring (bicyclic) bond motifs is 1. The van der Waals surface area contributed by atoms with E-state index in [9.17, 15) is 18.0 Å². The molecule has 0 saturated heterocycles. The Morgan fingerprint density at radius 3 is 2.70 bits per heavy atom. The molecule has 0 bridgehead atoms. The van der Waals surface area contributed by atoms with Gasteiger partial charge >= 0.3 is 6.18 Å². The summed E-state index contributed by atoms with van der Waals surface area (Å²) in [7, 11) is 0. The quantitative estimate of drug-likeness (QED) is 0.334. The van der Waals surface area contributed by atoms with Crippen LogP contribution in [-0.4, -0.2) is 21.7 Å². The number of carbonyl (C=O) groups excluding carboxylic acids is 1. The van der Waals surface area contributed by atoms with E-state index in [4.69, 9.17) is 10.5 Å². The zero-order valence-corrected chi connectivity index (χ0v) is 19.4. The van der Waals surface area contributed by atoms with Crippen LogP contribution in [0.2, 0.25) is 0 Å². The lowest BCUT2D eigenvalue weighted by Gasteiger charge is -2.19. The second-order valence-electron chi connectivity index (χ2n) is 7.36. The van der Waals surface area contributed by atoms with Gasteiger partial charge in [-0.05, 0) is 36.9 Å². The van der Waals surface area contributed by atoms with Gasteiger partial charge in [0.2, 0.25) is 0 Å². The summed E-state index contributed by atoms with van der Waals surface area (Å²) >= 11 is 2.80. The summed E-state index contributed by atoms with van der Waals surface area (Å²) in [5, 5.41) is 0.624. The number of aromatic nitrogens is 2. The lowest BCUT2D eigenvalue weighted by atomic mass is 10.0. The van der Waals surface area contributed by atoms with Gasteiger partial charge in [-0.2, -0.15) is 24.9 Å². The highest BCUT2D eigenvalue weighted by atomic mass is 32.2. The van der Waals surface area contributed by atoms with Gasteiger partial charge in [-0.1, -0.05) is 24.3 Å². The molecule has 1 amide bonds. The predicted molar refractivity (Wildman–Crippen MR) is 125 cm³/mol. The first-order valence-corrected chi connectivity index (χ1v) is 12.1. The van der Waals surface area contributed by atoms with Gasteiger partial charge in [-0.15, -0.1) is 11.3 Å². The lowest BCUT2D eigenvalue weighted by Crippen LogP contribution is -2.15. The molecule has 2 aromatic heterocycles. The SMILES string of the molecule is CSCc1ccc2ncn(-c3cc(OC(C)c4ccccc4C(F)(F)F)c(C(N)=O)s3)c2c1. The number of primary amides is 1. The zero-order chi connectivity index (χ0) is 23.8. The minimum absolute atomic E-state index is 0.0250. The van der Waals surface area contributed by atoms with Gasteiger partial charge in [0, 0.05) is 17.4 Å². The Hall–Kier alpha value is -2.98. The zero-order valence-electron chi connectivity index (χ0n) is 17.7. The number of halogens is 3. The number of hydrogen-bond donors (Lipinski definition) is 1. The van der Waals surface area contributed by atoms with Crippen molar-refractivity contribution in [1.82, 2.24) is 9.55 Å². The van der Waals surface area contributed by atoms with E-state index in [0.29, 0.717) is 5.00 Å². The maximum absolute atomic E-state index is 13.4. The second-order valence-corrected chi connectivity index (χ2v) is 9.25. The number of carbonyl (C=O) groups is 1. The van der Waals surface area contributed by atoms with Crippen molar-refractivity contribution in [2.45, 2.75) is 25.0 Å². The molecule has 0 radical (unpaired) electrons. The van der Waals surface area contributed by atoms with Crippen LogP contribution >= 0.6 is 23.1 Å². The molecular formula is C23H20F3N3O2S2. The van der Waals surface area contributed by atoms with E-state index in [1.807, 2.05) is 29.0 Å². The van der Waals surface area contributed by atoms with Crippen molar-refractivity contribution in [3.63, 3.8) is 0 Å². The molecule has 172 valence electrons. The Bertz CT molecular complexity index is 1310. The summed E-state index contributed by atoms with van der Waals surface area (Å²) in [6.07, 6.45) is -1.83. The van der Waals surface area contributed by atoms with Crippen molar-refractivity contribution in [2.24, 2.45) is 5.73 Å². The van der Waals surface area contributed by atoms with E-state index >= 15 is 0 Å². The third-order valence-electron chi connectivity index (χ3n) is 5.08. The van der Waals surface area contributed by atoms with E-state index in [1.165, 1.54) is 25.1 Å². The number of thiophene rings is 1. The number of hydrogen-bond acceptors (Lipinski definition) is 5. The molecule has 1 atom stereocenters. The standard InChI is InChI=1S/C23H20F3N3O2S2/c1-13(15-5-3-4-6-16(15)23(24,25)26)31-19-10-20(33-21(19)22(27)30)29-12-28-17-8-7-14(11-32-2)9-18(17)29/h3-10,12-13H,11H2,1-2H3,(H2,27,30). The van der Waals surface area contributed by atoms with Crippen LogP contribution in [0, 0.1) is 0 Å². The average Bonchev–Trinajstić information content (AvgIpc) is 3.37. The maximum Gasteiger partial charge on any atom is 0.416 e. The second kappa shape index (κ2) is 9.11. The Balaban J connectivity index is 1.73. The number of amides is 1. The number of ether oxygens (including phenoxy) is 1. The minimum atomic E-state index is -4.52. The van der Waals surface area contributed by atoms with Gasteiger partial charge in [-0.25, -0.2) is 4.98 Å². The van der Waals surface area contributed by atoms with Crippen LogP contribution < -0.4 is 10.5 Å². The van der Waals surface area contributed by atoms with Crippen LogP contribution in [0.25, 0.3) is 16.0 Å². The van der Waals surface area contributed by atoms with Gasteiger partial charge in [0.25, 0.3) is 5.91 Å². The normalized spacial score (nSPS) is 12.8. The smallest absolute Gasteiger partial charge is 0.416 e. The van der Waals surface area contributed by atoms with Gasteiger partial charge in [0.05, 0.1) is 16.6 Å². The number of rotatable bonds is 7. The summed E-state index contributed by atoms with van der Waals surface area (Å²) in [4.78, 5) is 16.6. The molecular weight excluding hydrogens is 471 g/mol. The molecule has 4 rings (SSSR count). The highest BCUT2D eigenvalue weighted by molar-refractivity contribution is 7.97. The van der Waals surface area contributed by atoms with Crippen molar-refractivity contribution in [2.75, 3.05) is 6.26 Å². The van der Waals surface area contributed by atoms with E-state index in [0.717, 1.165) is 39.8 Å². The van der Waals surface area contributed by atoms with Crippen LogP contribution in [-0.2, 0) is 11.9 Å². The molecule has 0 spiro atoms. The molecule has 0 saturated carbocycles. The van der Waals surface area contributed by atoms with E-state index in [1.54, 1.807) is 24.2 Å². The van der Waals surface area contributed by atoms with Gasteiger partial charge in [0.15, 0.2) is 0 Å². The third-order valence-corrected chi connectivity index (χ3v) is 6.83. The molecule has 5 nitrogen and oxygen atoms in total. The fourth-order valence-corrected chi connectivity index (χ4v) is 5.03. The van der Waals surface area contributed by atoms with Crippen molar-refractivity contribution in [1.29, 1.82) is 0 Å². The maximum atomic E-state index is 13.4. The number of thioether (sulfide) groups is 1. The van der Waals surface area contributed by atoms with Crippen LogP contribution in [0.15, 0.2) is 54.9 Å². The predicted octanol–water partition coefficient (Wildman–Crippen LogP) is 6.21. The van der Waals surface area contributed by atoms with Crippen molar-refractivity contribution in [3.05, 3.63) is 76.4 Å². The van der Waals surface area contributed by atoms with Crippen LogP contribution in [0.3, 0.4) is 0 Å². The number of imidazole rings is 1. The van der Waals surface area contributed by atoms with Gasteiger partial charge < -0.3 is 10.5 Å². The van der Waals surface area contributed by atoms with Gasteiger partial charge in [0.1, 0.15) is 28.1 Å². The number of alkyl halides is 3. The fourth-order valence-electron chi connectivity index (χ4n) is 3.59. The minimum Gasteiger partial charge on any atom is -0.484 e. The number of nitrogens with zero attached hydrogens (tertiary/aromatic N) is 2. The summed E-state index contributed by atoms with van der Waals surface area (Å²) in [6.45, 7) is 1.51. The molecule has 4 aromatic rings. The lowest BCUT2D eigenvalue weighted by molar-refractivity contribution is -0.138. The molecule has 0 aliphatic carbocycles. The summed E-state index contributed by atoms with van der Waals surface area (Å²) in [5.74, 6) is 0.252. The highest BCUT2D eigenvalue weighted by Crippen LogP contribution is 2.39. The fraction of sp³-hybridized carbons (Fsp3) is 0.217. The summed E-state index contributed by atoms with van der Waals surface area (Å²) < 4.78 is 48.0. The van der Waals surface area contributed by atoms with Crippen LogP contribution in [0.4, 0.5) is 13.2 Å². The monoisotopic (exact) mass is 491 g/mol.